The van der Waals surface area contributed by atoms with Crippen LogP contribution in [0.15, 0.2) is 12.1 Å². The van der Waals surface area contributed by atoms with Gasteiger partial charge in [0.25, 0.3) is 0 Å². The Balaban J connectivity index is 2.68. The lowest BCUT2D eigenvalue weighted by atomic mass is 10.1. The molecule has 1 aromatic carbocycles. The van der Waals surface area contributed by atoms with Gasteiger partial charge in [0.2, 0.25) is 5.78 Å². The van der Waals surface area contributed by atoms with Crippen molar-refractivity contribution in [3.63, 3.8) is 0 Å². The summed E-state index contributed by atoms with van der Waals surface area (Å²) < 4.78 is 30.1. The van der Waals surface area contributed by atoms with Crippen molar-refractivity contribution in [2.75, 3.05) is 6.61 Å². The van der Waals surface area contributed by atoms with Crippen LogP contribution in [0.3, 0.4) is 0 Å². The van der Waals surface area contributed by atoms with Gasteiger partial charge in [-0.25, -0.2) is 8.78 Å². The quantitative estimate of drug-likeness (QED) is 0.590. The van der Waals surface area contributed by atoms with Gasteiger partial charge in [0, 0.05) is 12.1 Å². The Morgan fingerprint density at radius 3 is 2.83 bits per heavy atom. The molecule has 0 fully saturated rings. The van der Waals surface area contributed by atoms with Crippen molar-refractivity contribution in [3.8, 4) is 5.75 Å². The Morgan fingerprint density at radius 1 is 1.33 bits per heavy atom. The van der Waals surface area contributed by atoms with Crippen LogP contribution in [0.5, 0.6) is 5.75 Å². The number of benzene rings is 1. The van der Waals surface area contributed by atoms with Crippen molar-refractivity contribution in [2.24, 2.45) is 0 Å². The standard InChI is InChI=1S/C8H4F2O2/c9-4-1-5(10)8-6(11)3-12-7(8)2-4/h1-2H,3H2. The smallest absolute Gasteiger partial charge is 0.206 e. The van der Waals surface area contributed by atoms with E-state index in [0.29, 0.717) is 6.07 Å². The van der Waals surface area contributed by atoms with Crippen LogP contribution in [0.4, 0.5) is 8.78 Å². The number of carbonyl (C=O) groups is 1. The lowest BCUT2D eigenvalue weighted by Crippen LogP contribution is -2.00. The van der Waals surface area contributed by atoms with Gasteiger partial charge in [-0.1, -0.05) is 0 Å². The van der Waals surface area contributed by atoms with Gasteiger partial charge >= 0.3 is 0 Å². The number of carbonyl (C=O) groups excluding carboxylic acids is 1. The zero-order valence-electron chi connectivity index (χ0n) is 5.93. The summed E-state index contributed by atoms with van der Waals surface area (Å²) in [7, 11) is 0. The van der Waals surface area contributed by atoms with Crippen LogP contribution in [-0.4, -0.2) is 12.4 Å². The molecule has 0 N–H and O–H groups in total. The molecule has 1 aliphatic heterocycles. The molecule has 0 saturated heterocycles. The van der Waals surface area contributed by atoms with Crippen molar-refractivity contribution in [1.29, 1.82) is 0 Å². The predicted molar refractivity (Wildman–Crippen MR) is 36.2 cm³/mol. The van der Waals surface area contributed by atoms with Gasteiger partial charge < -0.3 is 4.74 Å². The van der Waals surface area contributed by atoms with Crippen LogP contribution in [-0.2, 0) is 0 Å². The SMILES string of the molecule is O=C1COc2cc(F)cc(F)c21. The van der Waals surface area contributed by atoms with E-state index in [0.717, 1.165) is 6.07 Å². The van der Waals surface area contributed by atoms with Gasteiger partial charge in [-0.2, -0.15) is 0 Å². The number of hydrogen-bond donors (Lipinski definition) is 0. The molecule has 4 heteroatoms. The third-order valence-electron chi connectivity index (χ3n) is 1.66. The molecular formula is C8H4F2O2. The van der Waals surface area contributed by atoms with Crippen LogP contribution >= 0.6 is 0 Å². The highest BCUT2D eigenvalue weighted by atomic mass is 19.1. The van der Waals surface area contributed by atoms with Gasteiger partial charge in [-0.15, -0.1) is 0 Å². The first-order valence-electron chi connectivity index (χ1n) is 3.33. The lowest BCUT2D eigenvalue weighted by Gasteiger charge is -1.97. The highest BCUT2D eigenvalue weighted by Gasteiger charge is 2.25. The third kappa shape index (κ3) is 0.879. The average molecular weight is 170 g/mol. The van der Waals surface area contributed by atoms with Crippen LogP contribution in [0.25, 0.3) is 0 Å². The molecule has 0 aromatic heterocycles. The van der Waals surface area contributed by atoms with Crippen LogP contribution in [0.2, 0.25) is 0 Å². The summed E-state index contributed by atoms with van der Waals surface area (Å²) in [6.45, 7) is -0.199. The number of Topliss-reactive ketones (excluding diaryl/α,β-unsaturated/α-hetero) is 1. The largest absolute Gasteiger partial charge is 0.484 e. The average Bonchev–Trinajstić information content (AvgIpc) is 2.31. The molecule has 12 heavy (non-hydrogen) atoms. The number of fused-ring (bicyclic) bond motifs is 1. The summed E-state index contributed by atoms with van der Waals surface area (Å²) in [5, 5.41) is 0. The molecule has 1 heterocycles. The fourth-order valence-corrected chi connectivity index (χ4v) is 1.15. The molecule has 0 bridgehead atoms. The van der Waals surface area contributed by atoms with Gasteiger partial charge in [0.15, 0.2) is 6.61 Å². The molecular weight excluding hydrogens is 166 g/mol. The van der Waals surface area contributed by atoms with Crippen molar-refractivity contribution in [3.05, 3.63) is 29.3 Å². The zero-order valence-corrected chi connectivity index (χ0v) is 5.93. The van der Waals surface area contributed by atoms with Crippen molar-refractivity contribution >= 4 is 5.78 Å². The normalized spacial score (nSPS) is 14.3. The Morgan fingerprint density at radius 2 is 2.08 bits per heavy atom. The maximum Gasteiger partial charge on any atom is 0.206 e. The van der Waals surface area contributed by atoms with Gasteiger partial charge in [0.05, 0.1) is 5.56 Å². The summed E-state index contributed by atoms with van der Waals surface area (Å²) in [5.41, 5.74) is -0.142. The Kier molecular flexibility index (Phi) is 1.36. The Labute approximate surface area is 66.8 Å². The molecule has 62 valence electrons. The van der Waals surface area contributed by atoms with E-state index in [4.69, 9.17) is 4.74 Å². The second kappa shape index (κ2) is 2.27. The topological polar surface area (TPSA) is 26.3 Å². The van der Waals surface area contributed by atoms with Crippen molar-refractivity contribution < 1.29 is 18.3 Å². The monoisotopic (exact) mass is 170 g/mol. The first kappa shape index (κ1) is 7.21. The molecule has 0 spiro atoms. The van der Waals surface area contributed by atoms with E-state index < -0.39 is 17.4 Å². The zero-order chi connectivity index (χ0) is 8.72. The number of halogens is 2. The van der Waals surface area contributed by atoms with Crippen LogP contribution in [0.1, 0.15) is 10.4 Å². The molecule has 1 aliphatic rings. The molecule has 0 saturated carbocycles. The minimum Gasteiger partial charge on any atom is -0.484 e. The van der Waals surface area contributed by atoms with E-state index in [1.54, 1.807) is 0 Å². The number of ketones is 1. The molecule has 0 amide bonds. The predicted octanol–water partition coefficient (Wildman–Crippen LogP) is 1.54. The van der Waals surface area contributed by atoms with Crippen LogP contribution in [0, 0.1) is 11.6 Å². The molecule has 2 rings (SSSR count). The second-order valence-electron chi connectivity index (χ2n) is 2.47. The summed E-state index contributed by atoms with van der Waals surface area (Å²) in [4.78, 5) is 10.9. The molecule has 0 radical (unpaired) electrons. The Bertz CT molecular complexity index is 360. The van der Waals surface area contributed by atoms with Gasteiger partial charge in [0.1, 0.15) is 17.4 Å². The van der Waals surface area contributed by atoms with E-state index in [-0.39, 0.29) is 17.9 Å². The highest BCUT2D eigenvalue weighted by molar-refractivity contribution is 6.02. The summed E-state index contributed by atoms with van der Waals surface area (Å²) in [6.07, 6.45) is 0. The number of ether oxygens (including phenoxy) is 1. The van der Waals surface area contributed by atoms with Crippen LogP contribution < -0.4 is 4.74 Å². The molecule has 2 nitrogen and oxygen atoms in total. The van der Waals surface area contributed by atoms with E-state index >= 15 is 0 Å². The lowest BCUT2D eigenvalue weighted by molar-refractivity contribution is 0.0958. The van der Waals surface area contributed by atoms with E-state index in [1.165, 1.54) is 0 Å². The van der Waals surface area contributed by atoms with E-state index in [1.807, 2.05) is 0 Å². The minimum atomic E-state index is -0.854. The first-order valence-corrected chi connectivity index (χ1v) is 3.33. The molecule has 0 atom stereocenters. The maximum atomic E-state index is 12.9. The van der Waals surface area contributed by atoms with E-state index in [2.05, 4.69) is 0 Å². The fourth-order valence-electron chi connectivity index (χ4n) is 1.15. The summed E-state index contributed by atoms with van der Waals surface area (Å²) >= 11 is 0. The molecule has 1 aromatic rings. The second-order valence-corrected chi connectivity index (χ2v) is 2.47. The van der Waals surface area contributed by atoms with Gasteiger partial charge in [-0.05, 0) is 0 Å². The summed E-state index contributed by atoms with van der Waals surface area (Å²) in [5.74, 6) is -2.03. The summed E-state index contributed by atoms with van der Waals surface area (Å²) in [6, 6.07) is 1.68. The highest BCUT2D eigenvalue weighted by Crippen LogP contribution is 2.28. The number of rotatable bonds is 0. The number of hydrogen-bond acceptors (Lipinski definition) is 2. The van der Waals surface area contributed by atoms with Crippen molar-refractivity contribution in [2.45, 2.75) is 0 Å². The van der Waals surface area contributed by atoms with Gasteiger partial charge in [-0.3, -0.25) is 4.79 Å². The Hall–Kier alpha value is -1.45. The minimum absolute atomic E-state index is 0.00231. The third-order valence-corrected chi connectivity index (χ3v) is 1.66. The van der Waals surface area contributed by atoms with Crippen molar-refractivity contribution in [1.82, 2.24) is 0 Å². The maximum absolute atomic E-state index is 12.9. The molecule has 0 unspecified atom stereocenters. The fraction of sp³-hybridized carbons (Fsp3) is 0.125. The van der Waals surface area contributed by atoms with E-state index in [9.17, 15) is 13.6 Å². The first-order chi connectivity index (χ1) is 5.68. The molecule has 0 aliphatic carbocycles.